The van der Waals surface area contributed by atoms with Gasteiger partial charge in [0.25, 0.3) is 0 Å². The number of hydrogen-bond donors (Lipinski definition) is 2. The predicted octanol–water partition coefficient (Wildman–Crippen LogP) is 15.2. The second-order valence-electron chi connectivity index (χ2n) is 19.0. The Bertz CT molecular complexity index is 3590. The zero-order valence-electron chi connectivity index (χ0n) is 46.9. The van der Waals surface area contributed by atoms with Gasteiger partial charge in [0, 0.05) is 21.2 Å². The molecule has 0 spiro atoms. The van der Waals surface area contributed by atoms with E-state index in [0.717, 1.165) is 99.8 Å². The average molecular weight is 1160 g/mol. The number of aliphatic hydroxyl groups excluding tert-OH is 2. The number of aliphatic hydroxyl groups is 2. The molecule has 0 radical (unpaired) electrons. The first kappa shape index (κ1) is 59.9. The van der Waals surface area contributed by atoms with Crippen molar-refractivity contribution in [3.8, 4) is 47.2 Å². The maximum atomic E-state index is 9.28. The Morgan fingerprint density at radius 2 is 0.687 bits per heavy atom. The Morgan fingerprint density at radius 1 is 0.349 bits per heavy atom. The SMILES string of the molecule is C#Cc1ccc(CO)cc1.COc1ccc(C(OCc2cccc(Br)c2)(c2ccccc2)c2ccc(OC)cc2)cc1.COc1ccc(C(OCc2cccc(C#Cc3ccc(CO)cc3)c2)(c2ccccc2)c2ccc(OC)cc2)cc1. The molecule has 9 heteroatoms. The average Bonchev–Trinajstić information content (AvgIpc) is 3.33. The molecule has 8 nitrogen and oxygen atoms in total. The van der Waals surface area contributed by atoms with Gasteiger partial charge in [-0.1, -0.05) is 191 Å². The summed E-state index contributed by atoms with van der Waals surface area (Å²) in [4.78, 5) is 0. The van der Waals surface area contributed by atoms with Crippen LogP contribution < -0.4 is 18.9 Å². The van der Waals surface area contributed by atoms with Gasteiger partial charge in [0.15, 0.2) is 0 Å². The van der Waals surface area contributed by atoms with Crippen molar-refractivity contribution in [2.75, 3.05) is 28.4 Å². The molecule has 0 atom stereocenters. The third-order valence-corrected chi connectivity index (χ3v) is 14.4. The lowest BCUT2D eigenvalue weighted by Crippen LogP contribution is -2.32. The summed E-state index contributed by atoms with van der Waals surface area (Å²) in [5.41, 5.74) is 10.8. The number of benzene rings is 10. The van der Waals surface area contributed by atoms with Crippen LogP contribution in [0.4, 0.5) is 0 Å². The van der Waals surface area contributed by atoms with E-state index in [1.165, 1.54) is 0 Å². The highest BCUT2D eigenvalue weighted by Gasteiger charge is 2.39. The number of rotatable bonds is 18. The van der Waals surface area contributed by atoms with Gasteiger partial charge in [-0.2, -0.15) is 0 Å². The summed E-state index contributed by atoms with van der Waals surface area (Å²) >= 11 is 3.57. The highest BCUT2D eigenvalue weighted by molar-refractivity contribution is 9.10. The molecule has 0 saturated carbocycles. The zero-order valence-corrected chi connectivity index (χ0v) is 48.5. The number of terminal acetylenes is 1. The molecule has 83 heavy (non-hydrogen) atoms. The van der Waals surface area contributed by atoms with Gasteiger partial charge in [-0.05, 0) is 153 Å². The van der Waals surface area contributed by atoms with Gasteiger partial charge >= 0.3 is 0 Å². The third-order valence-electron chi connectivity index (χ3n) is 13.9. The molecular weight excluding hydrogens is 1100 g/mol. The minimum atomic E-state index is -0.893. The molecule has 2 N–H and O–H groups in total. The van der Waals surface area contributed by atoms with E-state index in [1.807, 2.05) is 158 Å². The molecule has 0 aliphatic heterocycles. The van der Waals surface area contributed by atoms with Gasteiger partial charge in [0.05, 0.1) is 54.9 Å². The monoisotopic (exact) mass is 1160 g/mol. The first-order valence-corrected chi connectivity index (χ1v) is 27.6. The van der Waals surface area contributed by atoms with Crippen molar-refractivity contribution in [3.05, 3.63) is 332 Å². The van der Waals surface area contributed by atoms with E-state index >= 15 is 0 Å². The summed E-state index contributed by atoms with van der Waals surface area (Å²) in [5, 5.41) is 17.9. The Hall–Kier alpha value is -9.16. The molecule has 10 aromatic carbocycles. The molecule has 0 aliphatic carbocycles. The molecule has 10 aromatic rings. The van der Waals surface area contributed by atoms with Crippen LogP contribution in [0.1, 0.15) is 72.3 Å². The Balaban J connectivity index is 0.000000189. The van der Waals surface area contributed by atoms with Crippen molar-refractivity contribution < 1.29 is 38.6 Å². The van der Waals surface area contributed by atoms with E-state index in [-0.39, 0.29) is 13.2 Å². The van der Waals surface area contributed by atoms with Crippen molar-refractivity contribution in [3.63, 3.8) is 0 Å². The maximum absolute atomic E-state index is 9.28. The number of ether oxygens (including phenoxy) is 6. The molecule has 0 amide bonds. The summed E-state index contributed by atoms with van der Waals surface area (Å²) in [5.74, 6) is 12.1. The van der Waals surface area contributed by atoms with Crippen molar-refractivity contribution in [2.24, 2.45) is 0 Å². The molecular formula is C74H65BrO8. The van der Waals surface area contributed by atoms with Crippen LogP contribution in [-0.2, 0) is 47.1 Å². The molecule has 0 fully saturated rings. The molecule has 0 unspecified atom stereocenters. The van der Waals surface area contributed by atoms with Crippen molar-refractivity contribution >= 4 is 15.9 Å². The molecule has 0 aliphatic rings. The van der Waals surface area contributed by atoms with E-state index in [0.29, 0.717) is 13.2 Å². The van der Waals surface area contributed by atoms with E-state index in [2.05, 4.69) is 131 Å². The standard InChI is InChI=1S/C37H32O4.C28H25BrO3.C9H8O/c1-39-35-21-17-33(18-22-35)37(32-9-4-3-5-10-32,34-19-23-36(40-2)24-20-34)41-27-31-8-6-7-29(25-31)14-11-28-12-15-30(26-38)16-13-28;1-30-26-15-11-23(12-16-26)28(22-8-4-3-5-9-22,24-13-17-27(31-2)18-14-24)32-20-21-7-6-10-25(29)19-21;1-2-8-3-5-9(7-10)6-4-8/h3-10,12-13,15-25,38H,26-27H2,1-2H3;3-19H,20H2,1-2H3;1,3-6,10H,7H2. The minimum absolute atomic E-state index is 0.0211. The van der Waals surface area contributed by atoms with E-state index in [1.54, 1.807) is 28.4 Å². The van der Waals surface area contributed by atoms with Crippen LogP contribution in [0.15, 0.2) is 259 Å². The normalized spacial score (nSPS) is 10.8. The highest BCUT2D eigenvalue weighted by atomic mass is 79.9. The van der Waals surface area contributed by atoms with Gasteiger partial charge in [-0.15, -0.1) is 6.42 Å². The second-order valence-corrected chi connectivity index (χ2v) is 19.9. The zero-order chi connectivity index (χ0) is 58.3. The third kappa shape index (κ3) is 15.4. The second kappa shape index (κ2) is 30.1. The first-order valence-electron chi connectivity index (χ1n) is 26.9. The lowest BCUT2D eigenvalue weighted by Gasteiger charge is -2.36. The van der Waals surface area contributed by atoms with Crippen molar-refractivity contribution in [1.82, 2.24) is 0 Å². The molecule has 0 aromatic heterocycles. The summed E-state index contributed by atoms with van der Waals surface area (Å²) in [6.07, 6.45) is 5.13. The first-order chi connectivity index (χ1) is 40.7. The fourth-order valence-corrected chi connectivity index (χ4v) is 9.89. The molecule has 10 rings (SSSR count). The fraction of sp³-hybridized carbons (Fsp3) is 0.135. The highest BCUT2D eigenvalue weighted by Crippen LogP contribution is 2.44. The molecule has 0 heterocycles. The molecule has 416 valence electrons. The van der Waals surface area contributed by atoms with Crippen LogP contribution in [0.5, 0.6) is 23.0 Å². The largest absolute Gasteiger partial charge is 0.497 e. The number of methoxy groups -OCH3 is 4. The molecule has 0 bridgehead atoms. The van der Waals surface area contributed by atoms with E-state index in [9.17, 15) is 5.11 Å². The lowest BCUT2D eigenvalue weighted by atomic mass is 9.80. The van der Waals surface area contributed by atoms with Crippen molar-refractivity contribution in [1.29, 1.82) is 0 Å². The minimum Gasteiger partial charge on any atom is -0.497 e. The van der Waals surface area contributed by atoms with Gasteiger partial charge in [0.2, 0.25) is 0 Å². The van der Waals surface area contributed by atoms with Crippen molar-refractivity contribution in [2.45, 2.75) is 37.6 Å². The van der Waals surface area contributed by atoms with Crippen LogP contribution in [0.2, 0.25) is 0 Å². The van der Waals surface area contributed by atoms with Crippen LogP contribution in [0, 0.1) is 24.2 Å². The Labute approximate surface area is 496 Å². The van der Waals surface area contributed by atoms with Gasteiger partial charge in [0.1, 0.15) is 34.2 Å². The van der Waals surface area contributed by atoms with Gasteiger partial charge in [-0.3, -0.25) is 0 Å². The topological polar surface area (TPSA) is 95.8 Å². The van der Waals surface area contributed by atoms with Gasteiger partial charge in [-0.25, -0.2) is 0 Å². The van der Waals surface area contributed by atoms with E-state index in [4.69, 9.17) is 40.0 Å². The Kier molecular flexibility index (Phi) is 21.7. The number of halogens is 1. The maximum Gasteiger partial charge on any atom is 0.144 e. The summed E-state index contributed by atoms with van der Waals surface area (Å²) in [7, 11) is 6.68. The van der Waals surface area contributed by atoms with Crippen LogP contribution >= 0.6 is 15.9 Å². The Morgan fingerprint density at radius 3 is 1.04 bits per heavy atom. The predicted molar refractivity (Wildman–Crippen MR) is 333 cm³/mol. The van der Waals surface area contributed by atoms with E-state index < -0.39 is 11.2 Å². The molecule has 0 saturated heterocycles. The smallest absolute Gasteiger partial charge is 0.144 e. The summed E-state index contributed by atoms with van der Waals surface area (Å²) in [6.45, 7) is 0.887. The lowest BCUT2D eigenvalue weighted by molar-refractivity contribution is 0.000103. The fourth-order valence-electron chi connectivity index (χ4n) is 9.44. The van der Waals surface area contributed by atoms with Crippen LogP contribution in [0.3, 0.4) is 0 Å². The number of hydrogen-bond acceptors (Lipinski definition) is 8. The summed E-state index contributed by atoms with van der Waals surface area (Å²) < 4.78 is 36.6. The quantitative estimate of drug-likeness (QED) is 0.0648. The van der Waals surface area contributed by atoms with Crippen LogP contribution in [-0.4, -0.2) is 38.7 Å². The summed E-state index contributed by atoms with van der Waals surface area (Å²) in [6, 6.07) is 84.0. The van der Waals surface area contributed by atoms with Crippen LogP contribution in [0.25, 0.3) is 0 Å². The van der Waals surface area contributed by atoms with Gasteiger partial charge < -0.3 is 38.6 Å².